The molecular weight excluding hydrogens is 476 g/mol. The van der Waals surface area contributed by atoms with Crippen molar-refractivity contribution >= 4 is 23.3 Å². The van der Waals surface area contributed by atoms with E-state index in [-0.39, 0.29) is 11.9 Å². The monoisotopic (exact) mass is 504 g/mol. The van der Waals surface area contributed by atoms with Crippen LogP contribution in [0.3, 0.4) is 0 Å². The normalized spacial score (nSPS) is 10.6. The zero-order chi connectivity index (χ0) is 28.0. The average molecular weight is 505 g/mol. The second-order valence-electron chi connectivity index (χ2n) is 6.96. The van der Waals surface area contributed by atoms with Gasteiger partial charge in [-0.15, -0.1) is 30.4 Å². The summed E-state index contributed by atoms with van der Waals surface area (Å²) in [7, 11) is 0. The Kier molecular flexibility index (Phi) is 12.6. The minimum atomic E-state index is -1.50. The van der Waals surface area contributed by atoms with E-state index in [1.165, 1.54) is 0 Å². The number of aryl methyl sites for hydroxylation is 2. The lowest BCUT2D eigenvalue weighted by molar-refractivity contribution is -0.742. The van der Waals surface area contributed by atoms with Crippen molar-refractivity contribution in [3.05, 3.63) is 78.9 Å². The van der Waals surface area contributed by atoms with Crippen molar-refractivity contribution in [3.8, 4) is 11.1 Å². The van der Waals surface area contributed by atoms with Gasteiger partial charge in [0.1, 0.15) is 0 Å². The van der Waals surface area contributed by atoms with Crippen LogP contribution in [0.5, 0.6) is 0 Å². The Morgan fingerprint density at radius 3 is 1.19 bits per heavy atom. The van der Waals surface area contributed by atoms with Crippen LogP contribution in [-0.4, -0.2) is 43.9 Å². The minimum absolute atomic E-state index is 0.0668. The third-order valence-electron chi connectivity index (χ3n) is 4.20. The summed E-state index contributed by atoms with van der Waals surface area (Å²) in [5.41, 5.74) is 29.2. The van der Waals surface area contributed by atoms with E-state index < -0.39 is 10.2 Å². The third-order valence-corrected chi connectivity index (χ3v) is 4.20. The summed E-state index contributed by atoms with van der Waals surface area (Å²) in [5.74, 6) is -0.134. The highest BCUT2D eigenvalue weighted by molar-refractivity contribution is 6.01. The molecule has 0 aromatic heterocycles. The maximum absolute atomic E-state index is 8.36. The summed E-state index contributed by atoms with van der Waals surface area (Å²) in [5, 5.41) is 42.8. The molecular formula is C20H28N10O6. The predicted octanol–water partition coefficient (Wildman–Crippen LogP) is 1.27. The first-order valence-corrected chi connectivity index (χ1v) is 9.81. The van der Waals surface area contributed by atoms with Crippen molar-refractivity contribution in [1.29, 1.82) is 0 Å². The number of rotatable bonds is 5. The number of nitrogens with zero attached hydrogens (tertiary/aromatic N) is 6. The highest BCUT2D eigenvalue weighted by Crippen LogP contribution is 2.25. The summed E-state index contributed by atoms with van der Waals surface area (Å²) in [6.45, 7) is 7.79. The van der Waals surface area contributed by atoms with Gasteiger partial charge in [-0.2, -0.15) is 10.2 Å². The van der Waals surface area contributed by atoms with Crippen molar-refractivity contribution in [3.63, 3.8) is 0 Å². The van der Waals surface area contributed by atoms with Crippen LogP contribution in [0.15, 0.2) is 56.8 Å². The molecule has 0 aliphatic heterocycles. The highest BCUT2D eigenvalue weighted by Gasteiger charge is 2.08. The Morgan fingerprint density at radius 1 is 0.694 bits per heavy atom. The van der Waals surface area contributed by atoms with Crippen molar-refractivity contribution in [2.24, 2.45) is 43.3 Å². The Morgan fingerprint density at radius 2 is 0.972 bits per heavy atom. The molecule has 0 amide bonds. The summed E-state index contributed by atoms with van der Waals surface area (Å²) in [6.07, 6.45) is 0. The second kappa shape index (κ2) is 14.8. The van der Waals surface area contributed by atoms with Gasteiger partial charge in [0.15, 0.2) is 0 Å². The van der Waals surface area contributed by atoms with Gasteiger partial charge in [-0.05, 0) is 49.9 Å². The summed E-state index contributed by atoms with van der Waals surface area (Å²) >= 11 is 0. The van der Waals surface area contributed by atoms with Gasteiger partial charge in [-0.3, -0.25) is 0 Å². The van der Waals surface area contributed by atoms with E-state index in [1.54, 1.807) is 0 Å². The molecule has 194 valence electrons. The topological polar surface area (TPSA) is 280 Å². The average Bonchev–Trinajstić information content (AvgIpc) is 2.74. The zero-order valence-corrected chi connectivity index (χ0v) is 20.0. The fourth-order valence-corrected chi connectivity index (χ4v) is 2.87. The summed E-state index contributed by atoms with van der Waals surface area (Å²) in [6, 6.07) is 12.3. The molecule has 0 unspecified atom stereocenters. The SMILES string of the molecule is C/C(=N\N=C(N)N)c1ccc(-c2ccc(/C(C)=N/N=C(N)N)c(C)c2)cc1C.O=[N+]([O-])O.O=[N+]([O-])O. The van der Waals surface area contributed by atoms with Crippen molar-refractivity contribution < 1.29 is 20.6 Å². The number of hydrogen-bond donors (Lipinski definition) is 6. The molecule has 10 N–H and O–H groups in total. The van der Waals surface area contributed by atoms with Crippen LogP contribution in [0.25, 0.3) is 11.1 Å². The number of nitrogens with two attached hydrogens (primary N) is 4. The van der Waals surface area contributed by atoms with Crippen molar-refractivity contribution in [1.82, 2.24) is 0 Å². The van der Waals surface area contributed by atoms with E-state index in [0.717, 1.165) is 44.8 Å². The molecule has 2 aromatic carbocycles. The van der Waals surface area contributed by atoms with Gasteiger partial charge in [-0.25, -0.2) is 0 Å². The largest absolute Gasteiger partial charge is 0.369 e. The second-order valence-corrected chi connectivity index (χ2v) is 6.96. The molecule has 0 aliphatic rings. The van der Waals surface area contributed by atoms with Crippen LogP contribution in [-0.2, 0) is 0 Å². The maximum atomic E-state index is 8.36. The molecule has 2 rings (SSSR count). The van der Waals surface area contributed by atoms with Crippen LogP contribution in [0.4, 0.5) is 0 Å². The molecule has 16 heteroatoms. The van der Waals surface area contributed by atoms with Gasteiger partial charge >= 0.3 is 0 Å². The van der Waals surface area contributed by atoms with Gasteiger partial charge < -0.3 is 33.3 Å². The fraction of sp³-hybridized carbons (Fsp3) is 0.200. The highest BCUT2D eigenvalue weighted by atomic mass is 16.9. The number of guanidine groups is 2. The van der Waals surface area contributed by atoms with Crippen molar-refractivity contribution in [2.45, 2.75) is 27.7 Å². The standard InChI is InChI=1S/C20H26N8.2HNO3/c1-11-9-15(5-7-17(11)13(3)25-27-19(21)22)16-6-8-18(12(2)10-16)14(4)26-28-20(23)24;2*2-1(3)4/h5-10H,1-4H3,(H4,21,22,27)(H4,23,24,28);2*(H,2,3,4)/b25-13+,26-14+;;. The van der Waals surface area contributed by atoms with Gasteiger partial charge in [0.25, 0.3) is 10.2 Å². The molecule has 0 saturated heterocycles. The molecule has 0 atom stereocenters. The van der Waals surface area contributed by atoms with Gasteiger partial charge in [-0.1, -0.05) is 36.4 Å². The van der Waals surface area contributed by atoms with Gasteiger partial charge in [0.2, 0.25) is 11.9 Å². The molecule has 0 spiro atoms. The van der Waals surface area contributed by atoms with Crippen LogP contribution in [0.2, 0.25) is 0 Å². The van der Waals surface area contributed by atoms with E-state index in [0.29, 0.717) is 0 Å². The van der Waals surface area contributed by atoms with Crippen molar-refractivity contribution in [2.75, 3.05) is 0 Å². The lowest BCUT2D eigenvalue weighted by atomic mass is 9.95. The summed E-state index contributed by atoms with van der Waals surface area (Å²) in [4.78, 5) is 16.7. The predicted molar refractivity (Wildman–Crippen MR) is 135 cm³/mol. The quantitative estimate of drug-likeness (QED) is 0.147. The molecule has 36 heavy (non-hydrogen) atoms. The third kappa shape index (κ3) is 12.1. The first kappa shape index (κ1) is 30.7. The van der Waals surface area contributed by atoms with E-state index in [4.69, 9.17) is 53.6 Å². The zero-order valence-electron chi connectivity index (χ0n) is 20.0. The first-order chi connectivity index (χ1) is 16.6. The van der Waals surface area contributed by atoms with Crippen LogP contribution in [0.1, 0.15) is 36.1 Å². The number of benzene rings is 2. The van der Waals surface area contributed by atoms with E-state index >= 15 is 0 Å². The molecule has 0 aliphatic carbocycles. The van der Waals surface area contributed by atoms with Crippen LogP contribution in [0, 0.1) is 34.1 Å². The Hall–Kier alpha value is -5.28. The molecule has 0 fully saturated rings. The Labute approximate surface area is 205 Å². The lowest BCUT2D eigenvalue weighted by Gasteiger charge is -2.11. The first-order valence-electron chi connectivity index (χ1n) is 9.81. The number of hydrogen-bond acceptors (Lipinski definition) is 8. The van der Waals surface area contributed by atoms with Crippen LogP contribution < -0.4 is 22.9 Å². The van der Waals surface area contributed by atoms with E-state index in [2.05, 4.69) is 32.5 Å². The van der Waals surface area contributed by atoms with Crippen LogP contribution >= 0.6 is 0 Å². The summed E-state index contributed by atoms with van der Waals surface area (Å²) < 4.78 is 0. The maximum Gasteiger partial charge on any atom is 0.291 e. The molecule has 0 saturated carbocycles. The molecule has 0 bridgehead atoms. The molecule has 0 radical (unpaired) electrons. The fourth-order valence-electron chi connectivity index (χ4n) is 2.87. The van der Waals surface area contributed by atoms with E-state index in [1.807, 2.05) is 52.0 Å². The smallest absolute Gasteiger partial charge is 0.291 e. The van der Waals surface area contributed by atoms with Gasteiger partial charge in [0, 0.05) is 11.1 Å². The Bertz CT molecular complexity index is 1100. The molecule has 0 heterocycles. The molecule has 16 nitrogen and oxygen atoms in total. The minimum Gasteiger partial charge on any atom is -0.369 e. The van der Waals surface area contributed by atoms with Gasteiger partial charge in [0.05, 0.1) is 11.4 Å². The Balaban J connectivity index is 0.00000133. The van der Waals surface area contributed by atoms with E-state index in [9.17, 15) is 0 Å². The molecule has 2 aromatic rings. The lowest BCUT2D eigenvalue weighted by Crippen LogP contribution is -2.22.